The summed E-state index contributed by atoms with van der Waals surface area (Å²) in [4.78, 5) is 15.0. The molecule has 19 heavy (non-hydrogen) atoms. The van der Waals surface area contributed by atoms with Gasteiger partial charge in [-0.2, -0.15) is 0 Å². The Hall–Kier alpha value is -0.430. The molecule has 2 heterocycles. The van der Waals surface area contributed by atoms with E-state index in [0.717, 1.165) is 28.2 Å². The number of methoxy groups -OCH3 is 1. The molecule has 1 unspecified atom stereocenters. The highest BCUT2D eigenvalue weighted by Gasteiger charge is 2.27. The standard InChI is InChI=1S/C13H18BrNO3S/c1-17-6-7-18-9-10-4-5-15(8-10)13(16)11-2-3-12(14)19-11/h2-3,10H,4-9H2,1H3. The van der Waals surface area contributed by atoms with E-state index in [1.165, 1.54) is 11.3 Å². The van der Waals surface area contributed by atoms with Crippen molar-refractivity contribution in [3.05, 3.63) is 20.8 Å². The lowest BCUT2D eigenvalue weighted by atomic mass is 10.1. The summed E-state index contributed by atoms with van der Waals surface area (Å²) >= 11 is 4.87. The molecule has 1 aliphatic rings. The van der Waals surface area contributed by atoms with Gasteiger partial charge in [-0.3, -0.25) is 4.79 Å². The van der Waals surface area contributed by atoms with E-state index in [4.69, 9.17) is 9.47 Å². The number of halogens is 1. The average Bonchev–Trinajstić information content (AvgIpc) is 3.03. The van der Waals surface area contributed by atoms with Gasteiger partial charge in [0.2, 0.25) is 0 Å². The molecule has 1 aromatic heterocycles. The Labute approximate surface area is 125 Å². The average molecular weight is 348 g/mol. The van der Waals surface area contributed by atoms with Crippen LogP contribution in [0.5, 0.6) is 0 Å². The molecule has 1 atom stereocenters. The number of thiophene rings is 1. The molecule has 1 amide bonds. The summed E-state index contributed by atoms with van der Waals surface area (Å²) in [7, 11) is 1.67. The Morgan fingerprint density at radius 3 is 3.05 bits per heavy atom. The molecule has 4 nitrogen and oxygen atoms in total. The van der Waals surface area contributed by atoms with Crippen LogP contribution in [0.1, 0.15) is 16.1 Å². The highest BCUT2D eigenvalue weighted by Crippen LogP contribution is 2.25. The number of hydrogen-bond acceptors (Lipinski definition) is 4. The molecule has 0 spiro atoms. The molecule has 0 N–H and O–H groups in total. The van der Waals surface area contributed by atoms with E-state index in [9.17, 15) is 4.79 Å². The minimum atomic E-state index is 0.134. The van der Waals surface area contributed by atoms with Crippen molar-refractivity contribution in [2.24, 2.45) is 5.92 Å². The summed E-state index contributed by atoms with van der Waals surface area (Å²) in [6.07, 6.45) is 1.02. The fraction of sp³-hybridized carbons (Fsp3) is 0.615. The Kier molecular flexibility index (Phi) is 5.81. The molecule has 106 valence electrons. The Bertz CT molecular complexity index is 424. The van der Waals surface area contributed by atoms with Crippen molar-refractivity contribution in [1.29, 1.82) is 0 Å². The normalized spacial score (nSPS) is 19.1. The van der Waals surface area contributed by atoms with Gasteiger partial charge < -0.3 is 14.4 Å². The number of ether oxygens (including phenoxy) is 2. The van der Waals surface area contributed by atoms with E-state index in [1.54, 1.807) is 7.11 Å². The number of nitrogens with zero attached hydrogens (tertiary/aromatic N) is 1. The molecular formula is C13H18BrNO3S. The van der Waals surface area contributed by atoms with Crippen molar-refractivity contribution in [3.63, 3.8) is 0 Å². The maximum atomic E-state index is 12.2. The van der Waals surface area contributed by atoms with E-state index in [2.05, 4.69) is 15.9 Å². The van der Waals surface area contributed by atoms with E-state index < -0.39 is 0 Å². The first-order valence-electron chi connectivity index (χ1n) is 6.32. The number of carbonyl (C=O) groups excluding carboxylic acids is 1. The summed E-state index contributed by atoms with van der Waals surface area (Å²) in [5.74, 6) is 0.583. The van der Waals surface area contributed by atoms with Gasteiger partial charge in [-0.1, -0.05) is 0 Å². The van der Waals surface area contributed by atoms with Crippen molar-refractivity contribution in [2.75, 3.05) is 40.0 Å². The second kappa shape index (κ2) is 7.38. The molecule has 0 aliphatic carbocycles. The highest BCUT2D eigenvalue weighted by molar-refractivity contribution is 9.11. The first-order valence-corrected chi connectivity index (χ1v) is 7.93. The fourth-order valence-corrected chi connectivity index (χ4v) is 3.48. The van der Waals surface area contributed by atoms with Crippen LogP contribution in [0.4, 0.5) is 0 Å². The molecule has 1 aliphatic heterocycles. The Morgan fingerprint density at radius 2 is 2.37 bits per heavy atom. The van der Waals surface area contributed by atoms with Gasteiger partial charge in [-0.05, 0) is 34.5 Å². The smallest absolute Gasteiger partial charge is 0.263 e. The summed E-state index contributed by atoms with van der Waals surface area (Å²) < 4.78 is 11.5. The fourth-order valence-electron chi connectivity index (χ4n) is 2.13. The summed E-state index contributed by atoms with van der Waals surface area (Å²) in [6.45, 7) is 3.58. The molecule has 2 rings (SSSR count). The van der Waals surface area contributed by atoms with Gasteiger partial charge in [0, 0.05) is 26.1 Å². The molecule has 1 fully saturated rings. The first-order chi connectivity index (χ1) is 9.20. The summed E-state index contributed by atoms with van der Waals surface area (Å²) in [6, 6.07) is 3.79. The zero-order valence-corrected chi connectivity index (χ0v) is 13.3. The van der Waals surface area contributed by atoms with Crippen molar-refractivity contribution < 1.29 is 14.3 Å². The van der Waals surface area contributed by atoms with Gasteiger partial charge in [0.1, 0.15) is 0 Å². The summed E-state index contributed by atoms with van der Waals surface area (Å²) in [5.41, 5.74) is 0. The number of hydrogen-bond donors (Lipinski definition) is 0. The lowest BCUT2D eigenvalue weighted by molar-refractivity contribution is 0.0516. The monoisotopic (exact) mass is 347 g/mol. The lowest BCUT2D eigenvalue weighted by Crippen LogP contribution is -2.28. The molecule has 0 aromatic carbocycles. The van der Waals surface area contributed by atoms with Crippen LogP contribution in [0, 0.1) is 5.92 Å². The van der Waals surface area contributed by atoms with E-state index in [0.29, 0.717) is 25.7 Å². The van der Waals surface area contributed by atoms with Crippen LogP contribution < -0.4 is 0 Å². The van der Waals surface area contributed by atoms with Crippen LogP contribution in [0.3, 0.4) is 0 Å². The van der Waals surface area contributed by atoms with Crippen molar-refractivity contribution in [1.82, 2.24) is 4.90 Å². The first kappa shape index (κ1) is 15.0. The largest absolute Gasteiger partial charge is 0.382 e. The van der Waals surface area contributed by atoms with Gasteiger partial charge in [-0.15, -0.1) is 11.3 Å². The predicted molar refractivity (Wildman–Crippen MR) is 78.7 cm³/mol. The molecule has 6 heteroatoms. The molecule has 1 aromatic rings. The number of carbonyl (C=O) groups is 1. The lowest BCUT2D eigenvalue weighted by Gasteiger charge is -2.15. The van der Waals surface area contributed by atoms with Gasteiger partial charge >= 0.3 is 0 Å². The zero-order valence-electron chi connectivity index (χ0n) is 10.9. The number of amides is 1. The number of rotatable bonds is 6. The van der Waals surface area contributed by atoms with Crippen LogP contribution in [-0.4, -0.2) is 50.8 Å². The second-order valence-corrected chi connectivity index (χ2v) is 7.04. The molecule has 0 saturated carbocycles. The molecule has 0 radical (unpaired) electrons. The quantitative estimate of drug-likeness (QED) is 0.742. The van der Waals surface area contributed by atoms with E-state index in [1.807, 2.05) is 17.0 Å². The molecule has 0 bridgehead atoms. The van der Waals surface area contributed by atoms with Crippen LogP contribution in [0.25, 0.3) is 0 Å². The van der Waals surface area contributed by atoms with Gasteiger partial charge in [0.05, 0.1) is 28.5 Å². The van der Waals surface area contributed by atoms with Crippen molar-refractivity contribution in [2.45, 2.75) is 6.42 Å². The molecule has 1 saturated heterocycles. The Balaban J connectivity index is 1.76. The van der Waals surface area contributed by atoms with Crippen molar-refractivity contribution >= 4 is 33.2 Å². The minimum Gasteiger partial charge on any atom is -0.382 e. The predicted octanol–water partition coefficient (Wildman–Crippen LogP) is 2.64. The SMILES string of the molecule is COCCOCC1CCN(C(=O)c2ccc(Br)s2)C1. The van der Waals surface area contributed by atoms with Crippen LogP contribution in [0.15, 0.2) is 15.9 Å². The third kappa shape index (κ3) is 4.27. The second-order valence-electron chi connectivity index (χ2n) is 4.58. The van der Waals surface area contributed by atoms with Crippen LogP contribution in [0.2, 0.25) is 0 Å². The van der Waals surface area contributed by atoms with Crippen LogP contribution >= 0.6 is 27.3 Å². The van der Waals surface area contributed by atoms with Crippen LogP contribution in [-0.2, 0) is 9.47 Å². The highest BCUT2D eigenvalue weighted by atomic mass is 79.9. The van der Waals surface area contributed by atoms with Gasteiger partial charge in [0.25, 0.3) is 5.91 Å². The molecular weight excluding hydrogens is 330 g/mol. The topological polar surface area (TPSA) is 38.8 Å². The third-order valence-electron chi connectivity index (χ3n) is 3.14. The van der Waals surface area contributed by atoms with Gasteiger partial charge in [-0.25, -0.2) is 0 Å². The summed E-state index contributed by atoms with van der Waals surface area (Å²) in [5, 5.41) is 0. The maximum absolute atomic E-state index is 12.2. The number of likely N-dealkylation sites (tertiary alicyclic amines) is 1. The maximum Gasteiger partial charge on any atom is 0.263 e. The van der Waals surface area contributed by atoms with Gasteiger partial charge in [0.15, 0.2) is 0 Å². The Morgan fingerprint density at radius 1 is 1.53 bits per heavy atom. The van der Waals surface area contributed by atoms with E-state index >= 15 is 0 Å². The van der Waals surface area contributed by atoms with Crippen molar-refractivity contribution in [3.8, 4) is 0 Å². The zero-order chi connectivity index (χ0) is 13.7. The minimum absolute atomic E-state index is 0.134. The van der Waals surface area contributed by atoms with E-state index in [-0.39, 0.29) is 5.91 Å². The third-order valence-corrected chi connectivity index (χ3v) is 4.75.